The molecule has 1 aliphatic heterocycles. The lowest BCUT2D eigenvalue weighted by Gasteiger charge is -2.40. The molecule has 0 saturated carbocycles. The summed E-state index contributed by atoms with van der Waals surface area (Å²) in [6, 6.07) is 1.11. The SMILES string of the molecule is CCCOC1CCCC[Si]1(OCCC)OCCC.CCl. The predicted molar refractivity (Wildman–Crippen MR) is 88.7 cm³/mol. The number of hydrogen-bond acceptors (Lipinski definition) is 3. The molecule has 0 N–H and O–H groups in total. The summed E-state index contributed by atoms with van der Waals surface area (Å²) in [5, 5.41) is 0. The van der Waals surface area contributed by atoms with Gasteiger partial charge in [0.25, 0.3) is 0 Å². The van der Waals surface area contributed by atoms with Crippen LogP contribution in [-0.4, -0.2) is 40.5 Å². The zero-order valence-corrected chi connectivity index (χ0v) is 15.5. The highest BCUT2D eigenvalue weighted by atomic mass is 35.5. The average Bonchev–Trinajstić information content (AvgIpc) is 2.52. The van der Waals surface area contributed by atoms with Gasteiger partial charge in [0, 0.05) is 26.2 Å². The van der Waals surface area contributed by atoms with Crippen LogP contribution in [0.5, 0.6) is 0 Å². The molecule has 1 aliphatic rings. The Morgan fingerprint density at radius 2 is 1.45 bits per heavy atom. The zero-order valence-electron chi connectivity index (χ0n) is 13.8. The summed E-state index contributed by atoms with van der Waals surface area (Å²) in [5.74, 6) is 0. The molecule has 20 heavy (non-hydrogen) atoms. The van der Waals surface area contributed by atoms with Gasteiger partial charge in [-0.15, -0.1) is 11.6 Å². The Balaban J connectivity index is 0.00000172. The summed E-state index contributed by atoms with van der Waals surface area (Å²) < 4.78 is 18.5. The molecule has 0 aliphatic carbocycles. The van der Waals surface area contributed by atoms with Crippen LogP contribution < -0.4 is 0 Å². The van der Waals surface area contributed by atoms with E-state index in [1.54, 1.807) is 0 Å². The molecule has 0 radical (unpaired) electrons. The first kappa shape index (κ1) is 20.4. The van der Waals surface area contributed by atoms with Gasteiger partial charge in [-0.3, -0.25) is 0 Å². The number of halogens is 1. The van der Waals surface area contributed by atoms with E-state index in [0.717, 1.165) is 51.5 Å². The lowest BCUT2D eigenvalue weighted by Crippen LogP contribution is -2.56. The van der Waals surface area contributed by atoms with Crippen molar-refractivity contribution in [3.63, 3.8) is 0 Å². The second-order valence-electron chi connectivity index (χ2n) is 5.11. The Morgan fingerprint density at radius 3 is 1.95 bits per heavy atom. The lowest BCUT2D eigenvalue weighted by molar-refractivity contribution is 0.0304. The summed E-state index contributed by atoms with van der Waals surface area (Å²) in [6.07, 6.45) is 8.29. The molecule has 1 heterocycles. The second kappa shape index (κ2) is 13.1. The summed E-state index contributed by atoms with van der Waals surface area (Å²) in [4.78, 5) is 0. The first-order valence-electron chi connectivity index (χ1n) is 8.06. The van der Waals surface area contributed by atoms with Gasteiger partial charge in [-0.25, -0.2) is 0 Å². The molecule has 5 heteroatoms. The molecule has 1 fully saturated rings. The fourth-order valence-electron chi connectivity index (χ4n) is 2.47. The maximum Gasteiger partial charge on any atom is 0.368 e. The highest BCUT2D eigenvalue weighted by molar-refractivity contribution is 6.69. The molecule has 0 bridgehead atoms. The fourth-order valence-corrected chi connectivity index (χ4v) is 6.40. The molecule has 1 rings (SSSR count). The van der Waals surface area contributed by atoms with Crippen LogP contribution in [0, 0.1) is 0 Å². The van der Waals surface area contributed by atoms with Gasteiger partial charge in [0.1, 0.15) is 5.73 Å². The van der Waals surface area contributed by atoms with Crippen LogP contribution >= 0.6 is 11.6 Å². The van der Waals surface area contributed by atoms with Crippen molar-refractivity contribution in [2.75, 3.05) is 26.2 Å². The number of hydrogen-bond donors (Lipinski definition) is 0. The molecule has 0 spiro atoms. The zero-order chi connectivity index (χ0) is 15.3. The van der Waals surface area contributed by atoms with Crippen molar-refractivity contribution < 1.29 is 13.6 Å². The van der Waals surface area contributed by atoms with Crippen LogP contribution in [0.2, 0.25) is 6.04 Å². The summed E-state index contributed by atoms with van der Waals surface area (Å²) in [5.41, 5.74) is 0.254. The van der Waals surface area contributed by atoms with Gasteiger partial charge >= 0.3 is 8.56 Å². The maximum absolute atomic E-state index is 6.22. The monoisotopic (exact) mass is 324 g/mol. The molecule has 1 saturated heterocycles. The van der Waals surface area contributed by atoms with Crippen LogP contribution in [0.4, 0.5) is 0 Å². The number of rotatable bonds is 9. The van der Waals surface area contributed by atoms with E-state index in [2.05, 4.69) is 32.4 Å². The van der Waals surface area contributed by atoms with E-state index in [1.807, 2.05) is 0 Å². The minimum absolute atomic E-state index is 0.254. The van der Waals surface area contributed by atoms with Crippen LogP contribution in [0.3, 0.4) is 0 Å². The quantitative estimate of drug-likeness (QED) is 0.456. The second-order valence-corrected chi connectivity index (χ2v) is 8.46. The van der Waals surface area contributed by atoms with Gasteiger partial charge in [-0.1, -0.05) is 33.6 Å². The third kappa shape index (κ3) is 6.90. The van der Waals surface area contributed by atoms with Crippen LogP contribution in [-0.2, 0) is 13.6 Å². The van der Waals surface area contributed by atoms with E-state index in [4.69, 9.17) is 13.6 Å². The fraction of sp³-hybridized carbons (Fsp3) is 1.00. The van der Waals surface area contributed by atoms with Crippen LogP contribution in [0.25, 0.3) is 0 Å². The topological polar surface area (TPSA) is 27.7 Å². The molecular weight excluding hydrogens is 292 g/mol. The molecule has 1 atom stereocenters. The van der Waals surface area contributed by atoms with E-state index < -0.39 is 8.56 Å². The molecule has 0 aromatic carbocycles. The van der Waals surface area contributed by atoms with E-state index in [1.165, 1.54) is 19.2 Å². The van der Waals surface area contributed by atoms with Crippen molar-refractivity contribution in [3.05, 3.63) is 0 Å². The van der Waals surface area contributed by atoms with E-state index >= 15 is 0 Å². The van der Waals surface area contributed by atoms with Crippen molar-refractivity contribution in [3.8, 4) is 0 Å². The first-order valence-corrected chi connectivity index (χ1v) is 10.9. The van der Waals surface area contributed by atoms with Gasteiger partial charge in [-0.2, -0.15) is 0 Å². The van der Waals surface area contributed by atoms with E-state index in [-0.39, 0.29) is 5.73 Å². The molecular formula is C15H33ClO3Si. The standard InChI is InChI=1S/C14H30O3Si.CH3Cl/c1-4-10-15-14-9-7-8-13-18(14,16-11-5-2)17-12-6-3;1-2/h14H,4-13H2,1-3H3;1H3. The normalized spacial score (nSPS) is 21.1. The van der Waals surface area contributed by atoms with Crippen molar-refractivity contribution in [1.82, 2.24) is 0 Å². The van der Waals surface area contributed by atoms with Crippen LogP contribution in [0.1, 0.15) is 59.3 Å². The smallest absolute Gasteiger partial charge is 0.368 e. The average molecular weight is 325 g/mol. The maximum atomic E-state index is 6.22. The first-order chi connectivity index (χ1) is 9.79. The van der Waals surface area contributed by atoms with Gasteiger partial charge in [0.05, 0.1) is 0 Å². The number of alkyl halides is 1. The molecule has 0 aromatic rings. The van der Waals surface area contributed by atoms with Crippen molar-refractivity contribution >= 4 is 20.2 Å². The van der Waals surface area contributed by atoms with Crippen molar-refractivity contribution in [2.45, 2.75) is 71.1 Å². The Hall–Kier alpha value is 0.387. The molecule has 1 unspecified atom stereocenters. The Morgan fingerprint density at radius 1 is 0.900 bits per heavy atom. The molecule has 3 nitrogen and oxygen atoms in total. The van der Waals surface area contributed by atoms with Crippen molar-refractivity contribution in [1.29, 1.82) is 0 Å². The Kier molecular flexibility index (Phi) is 13.3. The summed E-state index contributed by atoms with van der Waals surface area (Å²) >= 11 is 4.64. The Bertz CT molecular complexity index is 209. The summed E-state index contributed by atoms with van der Waals surface area (Å²) in [7, 11) is -2.11. The lowest BCUT2D eigenvalue weighted by atomic mass is 10.2. The third-order valence-corrected chi connectivity index (χ3v) is 7.23. The summed E-state index contributed by atoms with van der Waals surface area (Å²) in [6.45, 7) is 8.96. The van der Waals surface area contributed by atoms with Crippen LogP contribution in [0.15, 0.2) is 0 Å². The molecule has 0 aromatic heterocycles. The van der Waals surface area contributed by atoms with E-state index in [0.29, 0.717) is 0 Å². The minimum atomic E-state index is -2.11. The molecule has 0 amide bonds. The van der Waals surface area contributed by atoms with Gasteiger partial charge in [-0.05, 0) is 31.7 Å². The van der Waals surface area contributed by atoms with Gasteiger partial charge in [0.15, 0.2) is 0 Å². The highest BCUT2D eigenvalue weighted by Gasteiger charge is 2.48. The largest absolute Gasteiger partial charge is 0.393 e. The highest BCUT2D eigenvalue weighted by Crippen LogP contribution is 2.32. The Labute approximate surface area is 131 Å². The van der Waals surface area contributed by atoms with Crippen molar-refractivity contribution in [2.24, 2.45) is 0 Å². The minimum Gasteiger partial charge on any atom is -0.393 e. The molecule has 122 valence electrons. The predicted octanol–water partition coefficient (Wildman–Crippen LogP) is 4.66. The van der Waals surface area contributed by atoms with Gasteiger partial charge in [0.2, 0.25) is 0 Å². The van der Waals surface area contributed by atoms with E-state index in [9.17, 15) is 0 Å². The number of ether oxygens (including phenoxy) is 1. The third-order valence-electron chi connectivity index (χ3n) is 3.36. The van der Waals surface area contributed by atoms with Gasteiger partial charge < -0.3 is 13.6 Å².